The van der Waals surface area contributed by atoms with Gasteiger partial charge in [0.05, 0.1) is 17.5 Å². The van der Waals surface area contributed by atoms with E-state index in [-0.39, 0.29) is 24.4 Å². The lowest BCUT2D eigenvalue weighted by Gasteiger charge is -2.27. The van der Waals surface area contributed by atoms with E-state index in [2.05, 4.69) is 37.2 Å². The molecule has 2 saturated heterocycles. The first kappa shape index (κ1) is 14.8. The van der Waals surface area contributed by atoms with Crippen LogP contribution in [0.3, 0.4) is 0 Å². The Labute approximate surface area is 138 Å². The molecule has 0 bridgehead atoms. The van der Waals surface area contributed by atoms with Crippen molar-refractivity contribution in [2.45, 2.75) is 24.3 Å². The van der Waals surface area contributed by atoms with E-state index >= 15 is 0 Å². The molecule has 1 N–H and O–H groups in total. The second-order valence-electron chi connectivity index (χ2n) is 5.18. The highest BCUT2D eigenvalue weighted by Gasteiger charge is 2.57. The van der Waals surface area contributed by atoms with Gasteiger partial charge in [0.25, 0.3) is 0 Å². The van der Waals surface area contributed by atoms with Crippen LogP contribution in [0.25, 0.3) is 0 Å². The normalized spacial score (nSPS) is 27.9. The van der Waals surface area contributed by atoms with Gasteiger partial charge in [0.2, 0.25) is 5.91 Å². The Hall–Kier alpha value is -1.08. The van der Waals surface area contributed by atoms with Gasteiger partial charge in [-0.2, -0.15) is 0 Å². The van der Waals surface area contributed by atoms with Crippen LogP contribution in [0.2, 0.25) is 0 Å². The van der Waals surface area contributed by atoms with Gasteiger partial charge < -0.3 is 14.8 Å². The fourth-order valence-electron chi connectivity index (χ4n) is 2.99. The topological polar surface area (TPSA) is 64.6 Å². The van der Waals surface area contributed by atoms with Gasteiger partial charge in [0.15, 0.2) is 0 Å². The number of amides is 1. The van der Waals surface area contributed by atoms with Gasteiger partial charge in [-0.25, -0.2) is 4.79 Å². The summed E-state index contributed by atoms with van der Waals surface area (Å²) >= 11 is 6.94. The average molecular weight is 419 g/mol. The summed E-state index contributed by atoms with van der Waals surface area (Å²) in [7, 11) is 1.58. The van der Waals surface area contributed by atoms with Gasteiger partial charge in [-0.15, -0.1) is 0 Å². The number of cyclic esters (lactones) is 1. The fraction of sp³-hybridized carbons (Fsp3) is 0.429. The highest BCUT2D eigenvalue weighted by Crippen LogP contribution is 2.45. The smallest absolute Gasteiger partial charge is 0.332 e. The number of halogens is 2. The van der Waals surface area contributed by atoms with Crippen LogP contribution in [-0.4, -0.2) is 31.1 Å². The van der Waals surface area contributed by atoms with Crippen molar-refractivity contribution in [3.8, 4) is 5.75 Å². The SMILES string of the molecule is COc1cc([C@H]2COC(=O)[C@]23CCC(=O)N3)c(Br)cc1Br. The zero-order chi connectivity index (χ0) is 15.2. The molecule has 1 spiro atoms. The molecule has 0 aromatic heterocycles. The first-order valence-electron chi connectivity index (χ1n) is 6.49. The summed E-state index contributed by atoms with van der Waals surface area (Å²) in [6.45, 7) is 0.252. The molecule has 0 saturated carbocycles. The molecule has 21 heavy (non-hydrogen) atoms. The van der Waals surface area contributed by atoms with Gasteiger partial charge >= 0.3 is 5.97 Å². The number of benzene rings is 1. The third-order valence-corrected chi connectivity index (χ3v) is 5.40. The molecule has 112 valence electrons. The van der Waals surface area contributed by atoms with Crippen LogP contribution in [-0.2, 0) is 14.3 Å². The molecule has 5 nitrogen and oxygen atoms in total. The molecule has 1 aromatic carbocycles. The Morgan fingerprint density at radius 1 is 1.33 bits per heavy atom. The van der Waals surface area contributed by atoms with E-state index in [0.717, 1.165) is 14.5 Å². The Morgan fingerprint density at radius 3 is 2.71 bits per heavy atom. The molecule has 0 radical (unpaired) electrons. The maximum Gasteiger partial charge on any atom is 0.332 e. The van der Waals surface area contributed by atoms with Crippen molar-refractivity contribution in [2.75, 3.05) is 13.7 Å². The van der Waals surface area contributed by atoms with Crippen molar-refractivity contribution in [3.05, 3.63) is 26.6 Å². The number of nitrogens with one attached hydrogen (secondary N) is 1. The van der Waals surface area contributed by atoms with E-state index < -0.39 is 5.54 Å². The lowest BCUT2D eigenvalue weighted by Crippen LogP contribution is -2.49. The molecule has 0 unspecified atom stereocenters. The van der Waals surface area contributed by atoms with E-state index in [1.54, 1.807) is 7.11 Å². The summed E-state index contributed by atoms with van der Waals surface area (Å²) in [4.78, 5) is 23.8. The zero-order valence-electron chi connectivity index (χ0n) is 11.2. The van der Waals surface area contributed by atoms with Crippen LogP contribution in [0.4, 0.5) is 0 Å². The molecular formula is C14H13Br2NO4. The number of hydrogen-bond donors (Lipinski definition) is 1. The average Bonchev–Trinajstić information content (AvgIpc) is 2.97. The maximum absolute atomic E-state index is 12.2. The van der Waals surface area contributed by atoms with Gasteiger partial charge in [-0.05, 0) is 40.0 Å². The molecular weight excluding hydrogens is 406 g/mol. The first-order valence-corrected chi connectivity index (χ1v) is 8.07. The van der Waals surface area contributed by atoms with Crippen LogP contribution >= 0.6 is 31.9 Å². The minimum absolute atomic E-state index is 0.112. The van der Waals surface area contributed by atoms with Gasteiger partial charge in [0, 0.05) is 10.9 Å². The van der Waals surface area contributed by atoms with Gasteiger partial charge in [0.1, 0.15) is 17.9 Å². The van der Waals surface area contributed by atoms with E-state index in [9.17, 15) is 9.59 Å². The summed E-state index contributed by atoms with van der Waals surface area (Å²) in [5.74, 6) is -0.0222. The molecule has 2 atom stereocenters. The van der Waals surface area contributed by atoms with Crippen molar-refractivity contribution in [1.82, 2.24) is 5.32 Å². The van der Waals surface area contributed by atoms with Crippen molar-refractivity contribution < 1.29 is 19.1 Å². The molecule has 2 fully saturated rings. The van der Waals surface area contributed by atoms with Crippen molar-refractivity contribution >= 4 is 43.7 Å². The molecule has 2 aliphatic rings. The van der Waals surface area contributed by atoms with Crippen LogP contribution in [0.15, 0.2) is 21.1 Å². The van der Waals surface area contributed by atoms with Gasteiger partial charge in [-0.3, -0.25) is 4.79 Å². The van der Waals surface area contributed by atoms with E-state index in [4.69, 9.17) is 9.47 Å². The standard InChI is InChI=1S/C14H13Br2NO4/c1-20-11-4-7(9(15)5-10(11)16)8-6-21-13(19)14(8)3-2-12(18)17-14/h4-5,8H,2-3,6H2,1H3,(H,17,18)/t8-,14+/m1/s1. The molecule has 2 aliphatic heterocycles. The fourth-order valence-corrected chi connectivity index (χ4v) is 4.43. The number of carbonyl (C=O) groups is 2. The third kappa shape index (κ3) is 2.26. The summed E-state index contributed by atoms with van der Waals surface area (Å²) in [5, 5.41) is 2.82. The second kappa shape index (κ2) is 5.28. The molecule has 2 heterocycles. The van der Waals surface area contributed by atoms with Crippen molar-refractivity contribution in [3.63, 3.8) is 0 Å². The summed E-state index contributed by atoms with van der Waals surface area (Å²) in [5.41, 5.74) is -0.0542. The van der Waals surface area contributed by atoms with Crippen molar-refractivity contribution in [2.24, 2.45) is 0 Å². The lowest BCUT2D eigenvalue weighted by atomic mass is 9.80. The van der Waals surface area contributed by atoms with E-state index in [0.29, 0.717) is 18.6 Å². The minimum atomic E-state index is -0.946. The predicted octanol–water partition coefficient (Wildman–Crippen LogP) is 2.51. The molecule has 0 aliphatic carbocycles. The Bertz CT molecular complexity index is 634. The molecule has 7 heteroatoms. The quantitative estimate of drug-likeness (QED) is 0.749. The number of ether oxygens (including phenoxy) is 2. The van der Waals surface area contributed by atoms with E-state index in [1.807, 2.05) is 12.1 Å². The second-order valence-corrected chi connectivity index (χ2v) is 6.89. The highest BCUT2D eigenvalue weighted by molar-refractivity contribution is 9.11. The zero-order valence-corrected chi connectivity index (χ0v) is 14.4. The number of esters is 1. The lowest BCUT2D eigenvalue weighted by molar-refractivity contribution is -0.143. The first-order chi connectivity index (χ1) is 9.98. The van der Waals surface area contributed by atoms with Crippen molar-refractivity contribution in [1.29, 1.82) is 0 Å². The predicted molar refractivity (Wildman–Crippen MR) is 82.2 cm³/mol. The summed E-state index contributed by atoms with van der Waals surface area (Å²) < 4.78 is 12.2. The highest BCUT2D eigenvalue weighted by atomic mass is 79.9. The van der Waals surface area contributed by atoms with Crippen LogP contribution < -0.4 is 10.1 Å². The Morgan fingerprint density at radius 2 is 2.10 bits per heavy atom. The monoisotopic (exact) mass is 417 g/mol. The summed E-state index contributed by atoms with van der Waals surface area (Å²) in [6.07, 6.45) is 0.803. The minimum Gasteiger partial charge on any atom is -0.496 e. The summed E-state index contributed by atoms with van der Waals surface area (Å²) in [6, 6.07) is 3.74. The van der Waals surface area contributed by atoms with Crippen LogP contribution in [0.5, 0.6) is 5.75 Å². The Balaban J connectivity index is 2.07. The largest absolute Gasteiger partial charge is 0.496 e. The number of hydrogen-bond acceptors (Lipinski definition) is 4. The third-order valence-electron chi connectivity index (χ3n) is 4.10. The molecule has 1 amide bonds. The van der Waals surface area contributed by atoms with Crippen LogP contribution in [0.1, 0.15) is 24.3 Å². The molecule has 3 rings (SSSR count). The number of rotatable bonds is 2. The number of carbonyl (C=O) groups excluding carboxylic acids is 2. The van der Waals surface area contributed by atoms with Gasteiger partial charge in [-0.1, -0.05) is 15.9 Å². The number of methoxy groups -OCH3 is 1. The maximum atomic E-state index is 12.2. The molecule has 1 aromatic rings. The van der Waals surface area contributed by atoms with E-state index in [1.165, 1.54) is 0 Å². The van der Waals surface area contributed by atoms with Crippen LogP contribution in [0, 0.1) is 0 Å². The Kier molecular flexibility index (Phi) is 3.73.